The van der Waals surface area contributed by atoms with E-state index in [0.717, 1.165) is 0 Å². The van der Waals surface area contributed by atoms with Gasteiger partial charge in [-0.25, -0.2) is 9.97 Å². The number of halogens is 1. The van der Waals surface area contributed by atoms with E-state index in [9.17, 15) is 4.79 Å². The molecule has 19 heavy (non-hydrogen) atoms. The van der Waals surface area contributed by atoms with Gasteiger partial charge in [0.25, 0.3) is 5.91 Å². The first-order chi connectivity index (χ1) is 9.10. The predicted molar refractivity (Wildman–Crippen MR) is 72.4 cm³/mol. The van der Waals surface area contributed by atoms with Crippen molar-refractivity contribution in [2.45, 2.75) is 0 Å². The molecular formula is C12H11ClN4O2. The molecule has 7 heteroatoms. The van der Waals surface area contributed by atoms with Crippen LogP contribution in [0.4, 0.5) is 11.5 Å². The fourth-order valence-electron chi connectivity index (χ4n) is 1.48. The molecule has 0 aliphatic rings. The summed E-state index contributed by atoms with van der Waals surface area (Å²) >= 11 is 5.71. The number of nitrogen functional groups attached to an aromatic ring is 1. The first kappa shape index (κ1) is 13.1. The average Bonchev–Trinajstić information content (AvgIpc) is 2.38. The van der Waals surface area contributed by atoms with Crippen LogP contribution in [0.5, 0.6) is 5.75 Å². The molecule has 2 rings (SSSR count). The Morgan fingerprint density at radius 1 is 1.37 bits per heavy atom. The topological polar surface area (TPSA) is 90.1 Å². The molecule has 0 fully saturated rings. The number of nitrogens with two attached hydrogens (primary N) is 1. The Morgan fingerprint density at radius 2 is 2.16 bits per heavy atom. The lowest BCUT2D eigenvalue weighted by atomic mass is 10.1. The van der Waals surface area contributed by atoms with E-state index >= 15 is 0 Å². The Morgan fingerprint density at radius 3 is 2.84 bits per heavy atom. The lowest BCUT2D eigenvalue weighted by Crippen LogP contribution is -2.14. The Kier molecular flexibility index (Phi) is 3.82. The summed E-state index contributed by atoms with van der Waals surface area (Å²) in [5.41, 5.74) is 6.49. The number of carbonyl (C=O) groups excluding carboxylic acids is 1. The third kappa shape index (κ3) is 3.11. The molecular weight excluding hydrogens is 268 g/mol. The van der Waals surface area contributed by atoms with Gasteiger partial charge in [0.05, 0.1) is 12.7 Å². The number of benzene rings is 1. The highest BCUT2D eigenvalue weighted by Gasteiger charge is 2.13. The highest BCUT2D eigenvalue weighted by molar-refractivity contribution is 6.29. The number of nitrogens with one attached hydrogen (secondary N) is 1. The average molecular weight is 279 g/mol. The predicted octanol–water partition coefficient (Wildman–Crippen LogP) is 1.97. The van der Waals surface area contributed by atoms with Crippen molar-refractivity contribution in [1.29, 1.82) is 0 Å². The number of hydrogen-bond donors (Lipinski definition) is 2. The largest absolute Gasteiger partial charge is 0.496 e. The number of nitrogens with zero attached hydrogens (tertiary/aromatic N) is 2. The summed E-state index contributed by atoms with van der Waals surface area (Å²) < 4.78 is 5.11. The molecule has 6 nitrogen and oxygen atoms in total. The van der Waals surface area contributed by atoms with Crippen LogP contribution in [-0.2, 0) is 0 Å². The van der Waals surface area contributed by atoms with Crippen molar-refractivity contribution >= 4 is 29.0 Å². The molecule has 2 aromatic rings. The van der Waals surface area contributed by atoms with Crippen molar-refractivity contribution in [1.82, 2.24) is 9.97 Å². The molecule has 1 aromatic heterocycles. The fourth-order valence-corrected chi connectivity index (χ4v) is 1.63. The number of aromatic nitrogens is 2. The summed E-state index contributed by atoms with van der Waals surface area (Å²) in [5.74, 6) is 0.327. The lowest BCUT2D eigenvalue weighted by molar-refractivity contribution is 0.102. The summed E-state index contributed by atoms with van der Waals surface area (Å²) in [6.45, 7) is 0. The molecule has 0 saturated carbocycles. The van der Waals surface area contributed by atoms with E-state index in [4.69, 9.17) is 22.1 Å². The van der Waals surface area contributed by atoms with Crippen molar-refractivity contribution in [2.75, 3.05) is 18.2 Å². The maximum atomic E-state index is 12.1. The quantitative estimate of drug-likeness (QED) is 0.662. The van der Waals surface area contributed by atoms with Gasteiger partial charge in [0, 0.05) is 17.8 Å². The third-order valence-electron chi connectivity index (χ3n) is 2.35. The van der Waals surface area contributed by atoms with Gasteiger partial charge in [-0.05, 0) is 12.1 Å². The fraction of sp³-hybridized carbons (Fsp3) is 0.0833. The van der Waals surface area contributed by atoms with Crippen LogP contribution in [0, 0.1) is 0 Å². The van der Waals surface area contributed by atoms with E-state index < -0.39 is 0 Å². The zero-order valence-electron chi connectivity index (χ0n) is 10.1. The molecule has 0 spiro atoms. The SMILES string of the molecule is COc1cc(N)ccc1C(=O)Nc1cc(Cl)ncn1. The summed E-state index contributed by atoms with van der Waals surface area (Å²) in [6.07, 6.45) is 1.26. The number of amides is 1. The van der Waals surface area contributed by atoms with E-state index in [-0.39, 0.29) is 11.1 Å². The van der Waals surface area contributed by atoms with Crippen LogP contribution in [0.3, 0.4) is 0 Å². The summed E-state index contributed by atoms with van der Waals surface area (Å²) in [4.78, 5) is 19.7. The maximum Gasteiger partial charge on any atom is 0.260 e. The standard InChI is InChI=1S/C12H11ClN4O2/c1-19-9-4-7(14)2-3-8(9)12(18)17-11-5-10(13)15-6-16-11/h2-6H,14H2,1H3,(H,15,16,17,18). The number of ether oxygens (including phenoxy) is 1. The first-order valence-electron chi connectivity index (χ1n) is 5.32. The summed E-state index contributed by atoms with van der Waals surface area (Å²) in [6, 6.07) is 6.21. The molecule has 98 valence electrons. The van der Waals surface area contributed by atoms with Gasteiger partial charge < -0.3 is 15.8 Å². The lowest BCUT2D eigenvalue weighted by Gasteiger charge is -2.09. The van der Waals surface area contributed by atoms with Crippen molar-refractivity contribution < 1.29 is 9.53 Å². The van der Waals surface area contributed by atoms with Gasteiger partial charge in [0.1, 0.15) is 23.0 Å². The zero-order chi connectivity index (χ0) is 13.8. The molecule has 0 unspecified atom stereocenters. The van der Waals surface area contributed by atoms with Crippen molar-refractivity contribution in [2.24, 2.45) is 0 Å². The molecule has 0 atom stereocenters. The first-order valence-corrected chi connectivity index (χ1v) is 5.70. The van der Waals surface area contributed by atoms with E-state index in [1.807, 2.05) is 0 Å². The van der Waals surface area contributed by atoms with Gasteiger partial charge in [-0.15, -0.1) is 0 Å². The van der Waals surface area contributed by atoms with Crippen LogP contribution in [0.25, 0.3) is 0 Å². The van der Waals surface area contributed by atoms with Gasteiger partial charge in [-0.1, -0.05) is 11.6 Å². The Hall–Kier alpha value is -2.34. The monoisotopic (exact) mass is 278 g/mol. The minimum absolute atomic E-state index is 0.245. The van der Waals surface area contributed by atoms with E-state index in [1.165, 1.54) is 19.5 Å². The second kappa shape index (κ2) is 5.53. The van der Waals surface area contributed by atoms with Gasteiger partial charge in [-0.2, -0.15) is 0 Å². The number of rotatable bonds is 3. The van der Waals surface area contributed by atoms with Crippen LogP contribution >= 0.6 is 11.6 Å². The third-order valence-corrected chi connectivity index (χ3v) is 2.55. The normalized spacial score (nSPS) is 10.0. The van der Waals surface area contributed by atoms with Gasteiger partial charge in [0.2, 0.25) is 0 Å². The van der Waals surface area contributed by atoms with E-state index in [1.54, 1.807) is 18.2 Å². The molecule has 3 N–H and O–H groups in total. The van der Waals surface area contributed by atoms with Crippen molar-refractivity contribution in [3.63, 3.8) is 0 Å². The van der Waals surface area contributed by atoms with Crippen LogP contribution in [0.2, 0.25) is 5.15 Å². The molecule has 1 aromatic carbocycles. The second-order valence-corrected chi connectivity index (χ2v) is 4.03. The van der Waals surface area contributed by atoms with E-state index in [2.05, 4.69) is 15.3 Å². The number of hydrogen-bond acceptors (Lipinski definition) is 5. The van der Waals surface area contributed by atoms with Crippen LogP contribution in [0.1, 0.15) is 10.4 Å². The second-order valence-electron chi connectivity index (χ2n) is 3.64. The van der Waals surface area contributed by atoms with E-state index in [0.29, 0.717) is 22.8 Å². The molecule has 1 heterocycles. The highest BCUT2D eigenvalue weighted by atomic mass is 35.5. The molecule has 0 aliphatic heterocycles. The molecule has 0 bridgehead atoms. The Labute approximate surface area is 114 Å². The molecule has 0 saturated heterocycles. The maximum absolute atomic E-state index is 12.1. The minimum Gasteiger partial charge on any atom is -0.496 e. The Bertz CT molecular complexity index is 618. The van der Waals surface area contributed by atoms with Crippen molar-refractivity contribution in [3.8, 4) is 5.75 Å². The zero-order valence-corrected chi connectivity index (χ0v) is 10.8. The smallest absolute Gasteiger partial charge is 0.260 e. The number of carbonyl (C=O) groups is 1. The van der Waals surface area contributed by atoms with Gasteiger partial charge >= 0.3 is 0 Å². The Balaban J connectivity index is 2.25. The number of methoxy groups -OCH3 is 1. The van der Waals surface area contributed by atoms with Gasteiger partial charge in [0.15, 0.2) is 0 Å². The molecule has 0 aliphatic carbocycles. The van der Waals surface area contributed by atoms with Gasteiger partial charge in [-0.3, -0.25) is 4.79 Å². The minimum atomic E-state index is -0.369. The highest BCUT2D eigenvalue weighted by Crippen LogP contribution is 2.22. The molecule has 1 amide bonds. The summed E-state index contributed by atoms with van der Waals surface area (Å²) in [7, 11) is 1.47. The number of anilines is 2. The molecule has 0 radical (unpaired) electrons. The van der Waals surface area contributed by atoms with Crippen LogP contribution < -0.4 is 15.8 Å². The summed E-state index contributed by atoms with van der Waals surface area (Å²) in [5, 5.41) is 2.84. The van der Waals surface area contributed by atoms with Crippen molar-refractivity contribution in [3.05, 3.63) is 41.3 Å². The van der Waals surface area contributed by atoms with Crippen LogP contribution in [-0.4, -0.2) is 23.0 Å². The van der Waals surface area contributed by atoms with Crippen LogP contribution in [0.15, 0.2) is 30.6 Å².